The summed E-state index contributed by atoms with van der Waals surface area (Å²) in [7, 11) is -3.40. The predicted octanol–water partition coefficient (Wildman–Crippen LogP) is 0.269. The van der Waals surface area contributed by atoms with Crippen molar-refractivity contribution in [2.24, 2.45) is 11.7 Å². The van der Waals surface area contributed by atoms with Crippen molar-refractivity contribution < 1.29 is 8.42 Å². The first-order valence-corrected chi connectivity index (χ1v) is 7.46. The van der Waals surface area contributed by atoms with Gasteiger partial charge in [0.15, 0.2) is 0 Å². The molecule has 0 bridgehead atoms. The van der Waals surface area contributed by atoms with Gasteiger partial charge >= 0.3 is 0 Å². The molecule has 0 saturated carbocycles. The SMILES string of the molecule is CC(CNS(=O)(=O)N1CCCCCC1)C(=N)N. The number of nitrogens with one attached hydrogen (secondary N) is 2. The van der Waals surface area contributed by atoms with Gasteiger partial charge < -0.3 is 5.73 Å². The van der Waals surface area contributed by atoms with Crippen LogP contribution in [0, 0.1) is 11.3 Å². The van der Waals surface area contributed by atoms with Crippen molar-refractivity contribution in [2.45, 2.75) is 32.6 Å². The number of hydrogen-bond acceptors (Lipinski definition) is 3. The highest BCUT2D eigenvalue weighted by molar-refractivity contribution is 7.87. The van der Waals surface area contributed by atoms with Crippen LogP contribution in [-0.2, 0) is 10.2 Å². The lowest BCUT2D eigenvalue weighted by atomic mass is 10.2. The van der Waals surface area contributed by atoms with Gasteiger partial charge in [0.1, 0.15) is 0 Å². The quantitative estimate of drug-likeness (QED) is 0.490. The molecule has 0 spiro atoms. The van der Waals surface area contributed by atoms with Gasteiger partial charge in [-0.05, 0) is 12.8 Å². The topological polar surface area (TPSA) is 99.3 Å². The van der Waals surface area contributed by atoms with E-state index >= 15 is 0 Å². The first-order valence-electron chi connectivity index (χ1n) is 6.02. The molecule has 0 aromatic rings. The Balaban J connectivity index is 2.52. The highest BCUT2D eigenvalue weighted by Gasteiger charge is 2.23. The van der Waals surface area contributed by atoms with Crippen molar-refractivity contribution in [3.63, 3.8) is 0 Å². The minimum atomic E-state index is -3.40. The average molecular weight is 262 g/mol. The average Bonchev–Trinajstić information content (AvgIpc) is 2.54. The zero-order valence-corrected chi connectivity index (χ0v) is 11.1. The molecule has 6 nitrogen and oxygen atoms in total. The maximum atomic E-state index is 12.0. The first-order chi connectivity index (χ1) is 7.93. The number of hydrogen-bond donors (Lipinski definition) is 3. The Hall–Kier alpha value is -0.660. The fourth-order valence-corrected chi connectivity index (χ4v) is 3.10. The molecule has 100 valence electrons. The Labute approximate surface area is 103 Å². The molecule has 1 rings (SSSR count). The summed E-state index contributed by atoms with van der Waals surface area (Å²) in [6.07, 6.45) is 4.03. The first kappa shape index (κ1) is 14.4. The van der Waals surface area contributed by atoms with Gasteiger partial charge in [-0.1, -0.05) is 19.8 Å². The number of rotatable bonds is 5. The summed E-state index contributed by atoms with van der Waals surface area (Å²) in [4.78, 5) is 0. The van der Waals surface area contributed by atoms with Gasteiger partial charge in [-0.2, -0.15) is 12.7 Å². The molecule has 0 radical (unpaired) electrons. The lowest BCUT2D eigenvalue weighted by Crippen LogP contribution is -2.44. The van der Waals surface area contributed by atoms with Gasteiger partial charge in [-0.25, -0.2) is 4.72 Å². The standard InChI is InChI=1S/C10H22N4O2S/c1-9(10(11)12)8-13-17(15,16)14-6-4-2-3-5-7-14/h9,13H,2-8H2,1H3,(H3,11,12). The van der Waals surface area contributed by atoms with E-state index in [1.807, 2.05) is 0 Å². The lowest BCUT2D eigenvalue weighted by Gasteiger charge is -2.21. The van der Waals surface area contributed by atoms with E-state index in [4.69, 9.17) is 11.1 Å². The largest absolute Gasteiger partial charge is 0.387 e. The minimum absolute atomic E-state index is 0.00330. The van der Waals surface area contributed by atoms with Gasteiger partial charge in [-0.15, -0.1) is 0 Å². The van der Waals surface area contributed by atoms with Crippen molar-refractivity contribution in [1.82, 2.24) is 9.03 Å². The van der Waals surface area contributed by atoms with E-state index in [-0.39, 0.29) is 18.3 Å². The van der Waals surface area contributed by atoms with Crippen LogP contribution >= 0.6 is 0 Å². The van der Waals surface area contributed by atoms with Crippen LogP contribution in [0.25, 0.3) is 0 Å². The zero-order chi connectivity index (χ0) is 12.9. The highest BCUT2D eigenvalue weighted by Crippen LogP contribution is 2.12. The third-order valence-corrected chi connectivity index (χ3v) is 4.58. The molecule has 17 heavy (non-hydrogen) atoms. The molecule has 1 fully saturated rings. The molecule has 0 aromatic heterocycles. The summed E-state index contributed by atoms with van der Waals surface area (Å²) < 4.78 is 27.9. The second-order valence-corrected chi connectivity index (χ2v) is 6.28. The molecular weight excluding hydrogens is 240 g/mol. The smallest absolute Gasteiger partial charge is 0.279 e. The summed E-state index contributed by atoms with van der Waals surface area (Å²) in [6.45, 7) is 3.09. The fourth-order valence-electron chi connectivity index (χ4n) is 1.71. The Bertz CT molecular complexity index is 347. The molecule has 0 aliphatic carbocycles. The number of nitrogens with two attached hydrogens (primary N) is 1. The second-order valence-electron chi connectivity index (χ2n) is 4.52. The number of amidine groups is 1. The van der Waals surface area contributed by atoms with Crippen LogP contribution in [0.4, 0.5) is 0 Å². The predicted molar refractivity (Wildman–Crippen MR) is 68.0 cm³/mol. The van der Waals surface area contributed by atoms with Crippen molar-refractivity contribution in [3.05, 3.63) is 0 Å². The van der Waals surface area contributed by atoms with Crippen LogP contribution in [0.2, 0.25) is 0 Å². The van der Waals surface area contributed by atoms with Gasteiger partial charge in [0.05, 0.1) is 5.84 Å². The van der Waals surface area contributed by atoms with Gasteiger partial charge in [-0.3, -0.25) is 5.41 Å². The monoisotopic (exact) mass is 262 g/mol. The zero-order valence-electron chi connectivity index (χ0n) is 10.3. The Kier molecular flexibility index (Phi) is 5.35. The molecule has 0 aromatic carbocycles. The highest BCUT2D eigenvalue weighted by atomic mass is 32.2. The van der Waals surface area contributed by atoms with E-state index in [1.165, 1.54) is 4.31 Å². The normalized spacial score (nSPS) is 20.8. The molecule has 0 amide bonds. The lowest BCUT2D eigenvalue weighted by molar-refractivity contribution is 0.413. The van der Waals surface area contributed by atoms with Gasteiger partial charge in [0.25, 0.3) is 10.2 Å². The van der Waals surface area contributed by atoms with Crippen LogP contribution < -0.4 is 10.5 Å². The Morgan fingerprint density at radius 3 is 2.35 bits per heavy atom. The van der Waals surface area contributed by atoms with E-state index in [1.54, 1.807) is 6.92 Å². The minimum Gasteiger partial charge on any atom is -0.387 e. The van der Waals surface area contributed by atoms with E-state index in [9.17, 15) is 8.42 Å². The molecule has 1 unspecified atom stereocenters. The fraction of sp³-hybridized carbons (Fsp3) is 0.900. The summed E-state index contributed by atoms with van der Waals surface area (Å²) in [6, 6.07) is 0. The second kappa shape index (κ2) is 6.32. The van der Waals surface area contributed by atoms with E-state index in [0.717, 1.165) is 25.7 Å². The van der Waals surface area contributed by atoms with E-state index in [0.29, 0.717) is 13.1 Å². The van der Waals surface area contributed by atoms with Crippen molar-refractivity contribution in [1.29, 1.82) is 5.41 Å². The van der Waals surface area contributed by atoms with Crippen LogP contribution in [0.5, 0.6) is 0 Å². The molecule has 4 N–H and O–H groups in total. The summed E-state index contributed by atoms with van der Waals surface area (Å²) >= 11 is 0. The Morgan fingerprint density at radius 1 is 1.35 bits per heavy atom. The van der Waals surface area contributed by atoms with Crippen molar-refractivity contribution in [3.8, 4) is 0 Å². The summed E-state index contributed by atoms with van der Waals surface area (Å²) in [5.41, 5.74) is 5.30. The molecule has 1 heterocycles. The van der Waals surface area contributed by atoms with Gasteiger partial charge in [0, 0.05) is 25.6 Å². The van der Waals surface area contributed by atoms with Crippen LogP contribution in [-0.4, -0.2) is 38.2 Å². The molecular formula is C10H22N4O2S. The third kappa shape index (κ3) is 4.61. The van der Waals surface area contributed by atoms with Crippen LogP contribution in [0.1, 0.15) is 32.6 Å². The van der Waals surface area contributed by atoms with Crippen LogP contribution in [0.3, 0.4) is 0 Å². The third-order valence-electron chi connectivity index (χ3n) is 3.01. The summed E-state index contributed by atoms with van der Waals surface area (Å²) in [5.74, 6) is -0.264. The molecule has 7 heteroatoms. The van der Waals surface area contributed by atoms with Crippen molar-refractivity contribution >= 4 is 16.0 Å². The van der Waals surface area contributed by atoms with E-state index < -0.39 is 10.2 Å². The molecule has 1 aliphatic heterocycles. The maximum Gasteiger partial charge on any atom is 0.279 e. The molecule has 1 saturated heterocycles. The van der Waals surface area contributed by atoms with Crippen LogP contribution in [0.15, 0.2) is 0 Å². The number of nitrogens with zero attached hydrogens (tertiary/aromatic N) is 1. The Morgan fingerprint density at radius 2 is 1.88 bits per heavy atom. The van der Waals surface area contributed by atoms with Crippen molar-refractivity contribution in [2.75, 3.05) is 19.6 Å². The summed E-state index contributed by atoms with van der Waals surface area (Å²) in [5, 5.41) is 7.22. The maximum absolute atomic E-state index is 12.0. The van der Waals surface area contributed by atoms with E-state index in [2.05, 4.69) is 4.72 Å². The molecule has 1 aliphatic rings. The molecule has 1 atom stereocenters. The van der Waals surface area contributed by atoms with Gasteiger partial charge in [0.2, 0.25) is 0 Å².